The van der Waals surface area contributed by atoms with Crippen LogP contribution in [0.25, 0.3) is 0 Å². The van der Waals surface area contributed by atoms with Crippen LogP contribution in [-0.2, 0) is 23.8 Å². The number of hydrogen-bond acceptors (Lipinski definition) is 10. The average Bonchev–Trinajstić information content (AvgIpc) is 3.37. The minimum Gasteiger partial charge on any atom is -0.466 e. The summed E-state index contributed by atoms with van der Waals surface area (Å²) in [5.41, 5.74) is 0. The molecule has 1 saturated heterocycles. The number of unbranched alkanes of at least 4 members (excludes halogenated alkanes) is 33. The molecular formula is C60H111NO10. The predicted molar refractivity (Wildman–Crippen MR) is 292 cm³/mol. The minimum absolute atomic E-state index is 0.00265. The number of allylic oxidation sites excluding steroid dienone is 5. The Morgan fingerprint density at radius 3 is 1.42 bits per heavy atom. The van der Waals surface area contributed by atoms with Crippen molar-refractivity contribution in [2.24, 2.45) is 0 Å². The third-order valence-electron chi connectivity index (χ3n) is 14.0. The molecule has 1 fully saturated rings. The normalized spacial score (nSPS) is 19.3. The molecule has 7 atom stereocenters. The van der Waals surface area contributed by atoms with Crippen molar-refractivity contribution in [3.63, 3.8) is 0 Å². The van der Waals surface area contributed by atoms with Crippen LogP contribution in [0.4, 0.5) is 0 Å². The standard InChI is InChI=1S/C60H111NO10/c1-3-5-7-9-11-13-14-28-32-36-40-44-48-56(65)69-49-45-41-37-33-29-26-24-22-20-18-16-15-17-19-21-23-25-27-31-35-39-43-47-55(64)61-52(53(63)46-42-38-34-30-12-10-8-6-4-2)51-70-60-59(68)58(67)57(66)54(50-62)71-60/h12,17,19,30,42,46,52-54,57-60,62-63,66-68H,3-11,13-16,18,20-29,31-41,43-45,47-51H2,1-2H3,(H,61,64)/b19-17-,30-12+,46-42+. The van der Waals surface area contributed by atoms with Crippen LogP contribution in [-0.4, -0.2) is 100 Å². The molecule has 0 aromatic heterocycles. The van der Waals surface area contributed by atoms with Crippen LogP contribution in [0.15, 0.2) is 36.5 Å². The third-order valence-corrected chi connectivity index (χ3v) is 14.0. The van der Waals surface area contributed by atoms with Crippen LogP contribution in [0, 0.1) is 0 Å². The fourth-order valence-corrected chi connectivity index (χ4v) is 9.21. The number of carbonyl (C=O) groups excluding carboxylic acids is 2. The Kier molecular flexibility index (Phi) is 47.2. The zero-order chi connectivity index (χ0) is 51.7. The maximum Gasteiger partial charge on any atom is 0.305 e. The van der Waals surface area contributed by atoms with Crippen molar-refractivity contribution in [2.45, 2.75) is 314 Å². The van der Waals surface area contributed by atoms with Gasteiger partial charge in [0.15, 0.2) is 6.29 Å². The van der Waals surface area contributed by atoms with Gasteiger partial charge in [-0.25, -0.2) is 0 Å². The van der Waals surface area contributed by atoms with Gasteiger partial charge in [0.1, 0.15) is 24.4 Å². The number of aliphatic hydroxyl groups is 5. The Labute approximate surface area is 434 Å². The maximum atomic E-state index is 13.0. The van der Waals surface area contributed by atoms with E-state index in [1.54, 1.807) is 6.08 Å². The van der Waals surface area contributed by atoms with E-state index in [9.17, 15) is 35.1 Å². The zero-order valence-corrected chi connectivity index (χ0v) is 45.7. The van der Waals surface area contributed by atoms with Gasteiger partial charge in [0.05, 0.1) is 32.0 Å². The van der Waals surface area contributed by atoms with Crippen molar-refractivity contribution >= 4 is 11.9 Å². The van der Waals surface area contributed by atoms with Crippen LogP contribution in [0.1, 0.15) is 271 Å². The molecule has 6 N–H and O–H groups in total. The van der Waals surface area contributed by atoms with Crippen LogP contribution in [0.2, 0.25) is 0 Å². The Morgan fingerprint density at radius 2 is 0.915 bits per heavy atom. The van der Waals surface area contributed by atoms with E-state index >= 15 is 0 Å². The Morgan fingerprint density at radius 1 is 0.507 bits per heavy atom. The summed E-state index contributed by atoms with van der Waals surface area (Å²) in [6, 6.07) is -0.831. The molecule has 0 bridgehead atoms. The molecular weight excluding hydrogens is 895 g/mol. The summed E-state index contributed by atoms with van der Waals surface area (Å²) >= 11 is 0. The number of esters is 1. The lowest BCUT2D eigenvalue weighted by molar-refractivity contribution is -0.302. The highest BCUT2D eigenvalue weighted by Gasteiger charge is 2.44. The monoisotopic (exact) mass is 1010 g/mol. The third kappa shape index (κ3) is 39.9. The fourth-order valence-electron chi connectivity index (χ4n) is 9.21. The molecule has 0 radical (unpaired) electrons. The number of aliphatic hydroxyl groups excluding tert-OH is 5. The van der Waals surface area contributed by atoms with Crippen molar-refractivity contribution in [3.8, 4) is 0 Å². The molecule has 1 amide bonds. The Bertz CT molecular complexity index is 1280. The lowest BCUT2D eigenvalue weighted by atomic mass is 9.99. The predicted octanol–water partition coefficient (Wildman–Crippen LogP) is 13.5. The fraction of sp³-hybridized carbons (Fsp3) is 0.867. The summed E-state index contributed by atoms with van der Waals surface area (Å²) in [4.78, 5) is 25.0. The average molecular weight is 1010 g/mol. The molecule has 11 nitrogen and oxygen atoms in total. The zero-order valence-electron chi connectivity index (χ0n) is 45.7. The molecule has 0 saturated carbocycles. The van der Waals surface area contributed by atoms with Gasteiger partial charge in [0, 0.05) is 12.8 Å². The van der Waals surface area contributed by atoms with Gasteiger partial charge in [-0.15, -0.1) is 0 Å². The first-order chi connectivity index (χ1) is 34.7. The lowest BCUT2D eigenvalue weighted by Gasteiger charge is -2.40. The Hall–Kier alpha value is -2.12. The second-order valence-corrected chi connectivity index (χ2v) is 20.7. The molecule has 11 heteroatoms. The summed E-state index contributed by atoms with van der Waals surface area (Å²) in [5, 5.41) is 54.1. The summed E-state index contributed by atoms with van der Waals surface area (Å²) in [7, 11) is 0. The summed E-state index contributed by atoms with van der Waals surface area (Å²) < 4.78 is 16.6. The number of nitrogens with one attached hydrogen (secondary N) is 1. The van der Waals surface area contributed by atoms with E-state index in [0.717, 1.165) is 70.6 Å². The number of hydrogen-bond donors (Lipinski definition) is 6. The van der Waals surface area contributed by atoms with Gasteiger partial charge in [-0.1, -0.05) is 224 Å². The smallest absolute Gasteiger partial charge is 0.305 e. The van der Waals surface area contributed by atoms with E-state index < -0.39 is 49.5 Å². The van der Waals surface area contributed by atoms with Gasteiger partial charge in [0.25, 0.3) is 0 Å². The number of amides is 1. The van der Waals surface area contributed by atoms with E-state index in [2.05, 4.69) is 43.5 Å². The van der Waals surface area contributed by atoms with Crippen LogP contribution in [0.5, 0.6) is 0 Å². The molecule has 0 aromatic carbocycles. The van der Waals surface area contributed by atoms with E-state index in [1.165, 1.54) is 173 Å². The first kappa shape index (κ1) is 66.9. The van der Waals surface area contributed by atoms with Gasteiger partial charge in [-0.3, -0.25) is 9.59 Å². The molecule has 416 valence electrons. The van der Waals surface area contributed by atoms with E-state index in [0.29, 0.717) is 19.4 Å². The quantitative estimate of drug-likeness (QED) is 0.0195. The second-order valence-electron chi connectivity index (χ2n) is 20.7. The minimum atomic E-state index is -1.58. The molecule has 7 unspecified atom stereocenters. The van der Waals surface area contributed by atoms with Crippen molar-refractivity contribution in [2.75, 3.05) is 19.8 Å². The maximum absolute atomic E-state index is 13.0. The molecule has 1 rings (SSSR count). The van der Waals surface area contributed by atoms with Gasteiger partial charge < -0.3 is 45.1 Å². The van der Waals surface area contributed by atoms with Crippen LogP contribution < -0.4 is 5.32 Å². The molecule has 1 aliphatic rings. The first-order valence-corrected chi connectivity index (χ1v) is 29.8. The van der Waals surface area contributed by atoms with Crippen molar-refractivity contribution < 1.29 is 49.3 Å². The van der Waals surface area contributed by atoms with Gasteiger partial charge in [-0.2, -0.15) is 0 Å². The highest BCUT2D eigenvalue weighted by Crippen LogP contribution is 2.23. The van der Waals surface area contributed by atoms with Gasteiger partial charge in [-0.05, 0) is 70.6 Å². The second kappa shape index (κ2) is 50.1. The largest absolute Gasteiger partial charge is 0.466 e. The number of carbonyl (C=O) groups is 2. The molecule has 1 heterocycles. The van der Waals surface area contributed by atoms with E-state index in [4.69, 9.17) is 14.2 Å². The molecule has 1 aliphatic heterocycles. The molecule has 0 aromatic rings. The summed E-state index contributed by atoms with van der Waals surface area (Å²) in [5.74, 6) is -0.204. The summed E-state index contributed by atoms with van der Waals surface area (Å²) in [6.45, 7) is 4.27. The molecule has 0 aliphatic carbocycles. The first-order valence-electron chi connectivity index (χ1n) is 29.8. The number of ether oxygens (including phenoxy) is 3. The highest BCUT2D eigenvalue weighted by molar-refractivity contribution is 5.76. The molecule has 0 spiro atoms. The lowest BCUT2D eigenvalue weighted by Crippen LogP contribution is -2.60. The van der Waals surface area contributed by atoms with Crippen molar-refractivity contribution in [1.29, 1.82) is 0 Å². The molecule has 71 heavy (non-hydrogen) atoms. The summed E-state index contributed by atoms with van der Waals surface area (Å²) in [6.07, 6.45) is 51.2. The van der Waals surface area contributed by atoms with Crippen molar-refractivity contribution in [1.82, 2.24) is 5.32 Å². The topological polar surface area (TPSA) is 175 Å². The van der Waals surface area contributed by atoms with Crippen molar-refractivity contribution in [3.05, 3.63) is 36.5 Å². The highest BCUT2D eigenvalue weighted by atomic mass is 16.7. The van der Waals surface area contributed by atoms with E-state index in [-0.39, 0.29) is 18.5 Å². The SMILES string of the molecule is CCCCC/C=C/CC/C=C/C(O)C(COC1OC(CO)C(O)C(O)C1O)NC(=O)CCCCCCCCC/C=C\CCCCCCCCCCCCCOC(=O)CCCCCCCCCCCCCC. The van der Waals surface area contributed by atoms with E-state index in [1.807, 2.05) is 6.08 Å². The van der Waals surface area contributed by atoms with Gasteiger partial charge >= 0.3 is 5.97 Å². The van der Waals surface area contributed by atoms with Gasteiger partial charge in [0.2, 0.25) is 5.91 Å². The van der Waals surface area contributed by atoms with Crippen LogP contribution >= 0.6 is 0 Å². The Balaban J connectivity index is 2.03. The number of rotatable bonds is 51. The van der Waals surface area contributed by atoms with Crippen LogP contribution in [0.3, 0.4) is 0 Å².